The van der Waals surface area contributed by atoms with Gasteiger partial charge in [0.05, 0.1) is 47.9 Å². The van der Waals surface area contributed by atoms with E-state index in [2.05, 4.69) is 21.1 Å². The first-order valence-electron chi connectivity index (χ1n) is 21.6. The van der Waals surface area contributed by atoms with Gasteiger partial charge in [0.1, 0.15) is 0 Å². The first kappa shape index (κ1) is 60.3. The molecule has 0 radical (unpaired) electrons. The molecule has 2 heterocycles. The lowest BCUT2D eigenvalue weighted by atomic mass is 9.95. The van der Waals surface area contributed by atoms with Crippen molar-refractivity contribution >= 4 is 78.9 Å². The van der Waals surface area contributed by atoms with E-state index in [0.717, 1.165) is 5.56 Å². The number of nitriles is 2. The van der Waals surface area contributed by atoms with Crippen LogP contribution in [0.3, 0.4) is 0 Å². The second-order valence-corrected chi connectivity index (χ2v) is 20.2. The number of halogens is 1. The average Bonchev–Trinajstić information content (AvgIpc) is 3.35. The number of ketones is 2. The number of alkyl halides is 1. The number of hydrogen-bond donors (Lipinski definition) is 2. The van der Waals surface area contributed by atoms with Crippen molar-refractivity contribution in [2.24, 2.45) is 0 Å². The van der Waals surface area contributed by atoms with Gasteiger partial charge in [0.2, 0.25) is 20.0 Å². The fraction of sp³-hybridized carbons (Fsp3) is 0.283. The zero-order valence-corrected chi connectivity index (χ0v) is 42.0. The molecular formula is C53H59ClN8O7S2. The standard InChI is InChI=1S/C25H24N4O3S.C23H18ClN3O3S.C2H7N.C2H6O.CH4/c1-27-24-10-8-20(9-11-24)15-23-18-29(33(31,32)13-12-28(2)3)17-22(25(23)30)14-19-4-6-21(16-26)7-5-19;1-26-22-8-6-18(7-9-22)13-21-16-27(31(29,30)11-10-24)15-20(23(21)28)12-17-2-4-19(14-25)5-3-17;1-3-2;1-2-3;/h4-11,14-15H,12-13,17-18H2,2-3H3;2-9,12-13H,10-11,15-16H2;3H,1-2H3;3H,2H2,1H3;1H4/b22-14+,23-15+;20-12+,21-13+;;;. The number of sulfonamides is 2. The van der Waals surface area contributed by atoms with Crippen molar-refractivity contribution in [1.29, 1.82) is 10.5 Å². The highest BCUT2D eigenvalue weighted by Crippen LogP contribution is 2.27. The molecular weight excluding hydrogens is 960 g/mol. The first-order valence-corrected chi connectivity index (χ1v) is 25.4. The minimum absolute atomic E-state index is 0. The number of aliphatic hydroxyl groups excluding tert-OH is 1. The minimum atomic E-state index is -3.64. The Hall–Kier alpha value is -6.87. The third-order valence-electron chi connectivity index (χ3n) is 9.96. The van der Waals surface area contributed by atoms with Crippen LogP contribution in [0, 0.1) is 35.8 Å². The van der Waals surface area contributed by atoms with Crippen LogP contribution in [0.4, 0.5) is 11.4 Å². The Morgan fingerprint density at radius 1 is 0.634 bits per heavy atom. The molecule has 18 heteroatoms. The maximum atomic E-state index is 13.3. The number of Topliss-reactive ketones (excluding diaryl/α,β-unsaturated/α-hetero) is 2. The molecule has 0 saturated carbocycles. The molecule has 0 bridgehead atoms. The van der Waals surface area contributed by atoms with Gasteiger partial charge < -0.3 is 15.3 Å². The fourth-order valence-corrected chi connectivity index (χ4v) is 9.70. The molecule has 0 amide bonds. The highest BCUT2D eigenvalue weighted by Gasteiger charge is 2.34. The van der Waals surface area contributed by atoms with Gasteiger partial charge in [0, 0.05) is 67.5 Å². The van der Waals surface area contributed by atoms with Crippen molar-refractivity contribution in [3.8, 4) is 12.1 Å². The molecule has 71 heavy (non-hydrogen) atoms. The summed E-state index contributed by atoms with van der Waals surface area (Å²) >= 11 is 5.67. The quantitative estimate of drug-likeness (QED) is 0.0842. The predicted octanol–water partition coefficient (Wildman–Crippen LogP) is 7.85. The monoisotopic (exact) mass is 1020 g/mol. The van der Waals surface area contributed by atoms with Gasteiger partial charge in [-0.05, 0) is 106 Å². The number of piperidine rings is 2. The number of carbonyl (C=O) groups excluding carboxylic acids is 2. The number of carbonyl (C=O) groups is 2. The van der Waals surface area contributed by atoms with Crippen LogP contribution in [-0.4, -0.2) is 132 Å². The van der Waals surface area contributed by atoms with E-state index >= 15 is 0 Å². The highest BCUT2D eigenvalue weighted by molar-refractivity contribution is 7.89. The number of benzene rings is 4. The van der Waals surface area contributed by atoms with E-state index in [0.29, 0.717) is 68.0 Å². The summed E-state index contributed by atoms with van der Waals surface area (Å²) in [6, 6.07) is 31.0. The highest BCUT2D eigenvalue weighted by atomic mass is 35.5. The summed E-state index contributed by atoms with van der Waals surface area (Å²) in [5.74, 6) is -0.771. The summed E-state index contributed by atoms with van der Waals surface area (Å²) in [7, 11) is 0.126. The molecule has 2 aliphatic heterocycles. The number of nitrogens with zero attached hydrogens (tertiary/aromatic N) is 7. The zero-order chi connectivity index (χ0) is 51.9. The summed E-state index contributed by atoms with van der Waals surface area (Å²) in [6.07, 6.45) is 6.64. The fourth-order valence-electron chi connectivity index (χ4n) is 6.47. The molecule has 0 aliphatic carbocycles. The molecule has 0 unspecified atom stereocenters. The molecule has 2 fully saturated rings. The summed E-state index contributed by atoms with van der Waals surface area (Å²) in [6.45, 7) is 16.3. The van der Waals surface area contributed by atoms with Crippen molar-refractivity contribution in [2.75, 3.05) is 84.9 Å². The van der Waals surface area contributed by atoms with Crippen molar-refractivity contribution in [2.45, 2.75) is 14.4 Å². The van der Waals surface area contributed by atoms with E-state index in [-0.39, 0.29) is 69.2 Å². The summed E-state index contributed by atoms with van der Waals surface area (Å²) in [5.41, 5.74) is 6.18. The third-order valence-corrected chi connectivity index (χ3v) is 13.9. The number of nitrogens with one attached hydrogen (secondary N) is 1. The molecule has 372 valence electrons. The topological polar surface area (TPSA) is 201 Å². The van der Waals surface area contributed by atoms with Crippen LogP contribution in [0.5, 0.6) is 0 Å². The smallest absolute Gasteiger partial charge is 0.215 e. The van der Waals surface area contributed by atoms with Gasteiger partial charge in [-0.3, -0.25) is 9.59 Å². The molecule has 15 nitrogen and oxygen atoms in total. The molecule has 2 saturated heterocycles. The predicted molar refractivity (Wildman–Crippen MR) is 284 cm³/mol. The normalized spacial score (nSPS) is 16.2. The van der Waals surface area contributed by atoms with Crippen LogP contribution in [0.25, 0.3) is 34.0 Å². The van der Waals surface area contributed by atoms with Crippen LogP contribution in [0.1, 0.15) is 47.7 Å². The number of rotatable bonds is 11. The van der Waals surface area contributed by atoms with E-state index in [9.17, 15) is 26.4 Å². The molecule has 0 spiro atoms. The lowest BCUT2D eigenvalue weighted by Crippen LogP contribution is -2.43. The van der Waals surface area contributed by atoms with Crippen molar-refractivity contribution in [3.63, 3.8) is 0 Å². The van der Waals surface area contributed by atoms with Gasteiger partial charge in [-0.1, -0.05) is 80.2 Å². The third kappa shape index (κ3) is 19.1. The van der Waals surface area contributed by atoms with Crippen molar-refractivity contribution in [3.05, 3.63) is 176 Å². The van der Waals surface area contributed by atoms with Gasteiger partial charge >= 0.3 is 0 Å². The molecule has 6 rings (SSSR count). The first-order chi connectivity index (χ1) is 33.4. The number of hydrogen-bond acceptors (Lipinski definition) is 11. The zero-order valence-electron chi connectivity index (χ0n) is 39.6. The van der Waals surface area contributed by atoms with E-state index in [1.807, 2.05) is 34.3 Å². The number of aliphatic hydroxyl groups is 1. The van der Waals surface area contributed by atoms with Crippen molar-refractivity contribution < 1.29 is 31.5 Å². The van der Waals surface area contributed by atoms with Crippen LogP contribution < -0.4 is 5.32 Å². The Bertz CT molecular complexity index is 2800. The summed E-state index contributed by atoms with van der Waals surface area (Å²) in [5, 5.41) is 28.3. The largest absolute Gasteiger partial charge is 0.397 e. The Labute approximate surface area is 424 Å². The molecule has 2 N–H and O–H groups in total. The Balaban J connectivity index is 0.000000433. The second kappa shape index (κ2) is 30.0. The lowest BCUT2D eigenvalue weighted by molar-refractivity contribution is -0.113. The van der Waals surface area contributed by atoms with Gasteiger partial charge in [0.15, 0.2) is 22.9 Å². The van der Waals surface area contributed by atoms with Gasteiger partial charge in [-0.15, -0.1) is 11.6 Å². The Morgan fingerprint density at radius 2 is 0.901 bits per heavy atom. The summed E-state index contributed by atoms with van der Waals surface area (Å²) < 4.78 is 54.0. The maximum absolute atomic E-state index is 13.3. The van der Waals surface area contributed by atoms with E-state index in [1.165, 1.54) is 8.61 Å². The van der Waals surface area contributed by atoms with Gasteiger partial charge in [-0.2, -0.15) is 19.1 Å². The summed E-state index contributed by atoms with van der Waals surface area (Å²) in [4.78, 5) is 34.9. The molecule has 0 aromatic heterocycles. The van der Waals surface area contributed by atoms with E-state index in [1.54, 1.807) is 133 Å². The lowest BCUT2D eigenvalue weighted by Gasteiger charge is -2.29. The molecule has 4 aromatic rings. The SMILES string of the molecule is C.CCO.CNC.[C-]#[N+]c1ccc(/C=C2\CN(S(=O)(=O)CCCl)C/C(=C\c3ccc(C#N)cc3)C2=O)cc1.[C-]#[N+]c1ccc(/C=C2\CN(S(=O)(=O)CCN(C)C)C/C(=C\c3ccc(C#N)cc3)C2=O)cc1. The van der Waals surface area contributed by atoms with Gasteiger partial charge in [0.25, 0.3) is 0 Å². The Morgan fingerprint density at radius 3 is 1.14 bits per heavy atom. The van der Waals surface area contributed by atoms with Crippen LogP contribution >= 0.6 is 11.6 Å². The maximum Gasteiger partial charge on any atom is 0.215 e. The van der Waals surface area contributed by atoms with E-state index < -0.39 is 20.0 Å². The van der Waals surface area contributed by atoms with Crippen molar-refractivity contribution in [1.82, 2.24) is 18.8 Å². The van der Waals surface area contributed by atoms with E-state index in [4.69, 9.17) is 40.4 Å². The van der Waals surface area contributed by atoms with Crippen LogP contribution in [-0.2, 0) is 29.6 Å². The molecule has 2 aliphatic rings. The second-order valence-electron chi connectivity index (χ2n) is 15.7. The Kier molecular flexibility index (Phi) is 25.5. The molecule has 0 atom stereocenters. The molecule has 4 aromatic carbocycles. The average molecular weight is 1020 g/mol. The minimum Gasteiger partial charge on any atom is -0.397 e. The van der Waals surface area contributed by atoms with Gasteiger partial charge in [-0.25, -0.2) is 26.5 Å². The van der Waals surface area contributed by atoms with Crippen LogP contribution in [0.15, 0.2) is 119 Å². The van der Waals surface area contributed by atoms with Crippen LogP contribution in [0.2, 0.25) is 0 Å².